The minimum absolute atomic E-state index is 0.228. The molecule has 0 spiro atoms. The highest BCUT2D eigenvalue weighted by atomic mass is 19.4. The molecule has 1 heterocycles. The van der Waals surface area contributed by atoms with E-state index in [0.29, 0.717) is 11.5 Å². The predicted octanol–water partition coefficient (Wildman–Crippen LogP) is 5.02. The Morgan fingerprint density at radius 2 is 1.85 bits per heavy atom. The first-order chi connectivity index (χ1) is 12.3. The Balaban J connectivity index is 1.62. The Labute approximate surface area is 148 Å². The molecular formula is C18H19F3N2O3. The van der Waals surface area contributed by atoms with Gasteiger partial charge in [-0.1, -0.05) is 24.3 Å². The Bertz CT molecular complexity index is 748. The number of alkyl halides is 3. The van der Waals surface area contributed by atoms with E-state index < -0.39 is 18.3 Å². The summed E-state index contributed by atoms with van der Waals surface area (Å²) >= 11 is 0. The number of hydrogen-bond acceptors (Lipinski definition) is 4. The third-order valence-corrected chi connectivity index (χ3v) is 4.73. The molecule has 0 atom stereocenters. The highest BCUT2D eigenvalue weighted by Crippen LogP contribution is 2.37. The standard InChI is InChI=1S/C18H19F3N2O3/c19-18(20,21)23-17-22-10-15(26-17)14-7-5-13(6-8-14)12-3-1-11(2-4-12)9-16(24)25/h5-8,10-12H,1-4,9H2,(H,22,23)(H,24,25). The molecule has 1 aliphatic rings. The van der Waals surface area contributed by atoms with Crippen LogP contribution in [0.3, 0.4) is 0 Å². The Morgan fingerprint density at radius 1 is 1.19 bits per heavy atom. The lowest BCUT2D eigenvalue weighted by Gasteiger charge is -2.28. The highest BCUT2D eigenvalue weighted by molar-refractivity contribution is 5.67. The van der Waals surface area contributed by atoms with Crippen LogP contribution in [0.25, 0.3) is 11.3 Å². The minimum atomic E-state index is -4.59. The number of oxazole rings is 1. The molecule has 1 aromatic heterocycles. The van der Waals surface area contributed by atoms with Gasteiger partial charge in [-0.25, -0.2) is 4.98 Å². The summed E-state index contributed by atoms with van der Waals surface area (Å²) in [7, 11) is 0. The van der Waals surface area contributed by atoms with Crippen LogP contribution in [0, 0.1) is 5.92 Å². The molecule has 5 nitrogen and oxygen atoms in total. The van der Waals surface area contributed by atoms with Gasteiger partial charge < -0.3 is 9.52 Å². The van der Waals surface area contributed by atoms with Crippen LogP contribution in [0.4, 0.5) is 19.2 Å². The lowest BCUT2D eigenvalue weighted by atomic mass is 9.77. The molecule has 0 bridgehead atoms. The van der Waals surface area contributed by atoms with E-state index in [4.69, 9.17) is 9.52 Å². The SMILES string of the molecule is O=C(O)CC1CCC(c2ccc(-c3cnc(NC(F)(F)F)o3)cc2)CC1. The van der Waals surface area contributed by atoms with Crippen molar-refractivity contribution in [1.29, 1.82) is 0 Å². The molecule has 1 fully saturated rings. The van der Waals surface area contributed by atoms with E-state index in [-0.39, 0.29) is 18.1 Å². The van der Waals surface area contributed by atoms with Crippen LogP contribution in [-0.2, 0) is 4.79 Å². The number of hydrogen-bond donors (Lipinski definition) is 2. The van der Waals surface area contributed by atoms with Gasteiger partial charge in [-0.05, 0) is 43.1 Å². The van der Waals surface area contributed by atoms with Crippen LogP contribution in [0.1, 0.15) is 43.6 Å². The molecule has 0 amide bonds. The van der Waals surface area contributed by atoms with E-state index >= 15 is 0 Å². The number of carboxylic acid groups (broad SMARTS) is 1. The summed E-state index contributed by atoms with van der Waals surface area (Å²) in [6, 6.07) is 6.90. The van der Waals surface area contributed by atoms with E-state index in [2.05, 4.69) is 4.98 Å². The number of aromatic nitrogens is 1. The summed E-state index contributed by atoms with van der Waals surface area (Å²) < 4.78 is 41.9. The van der Waals surface area contributed by atoms with Gasteiger partial charge in [0.25, 0.3) is 0 Å². The lowest BCUT2D eigenvalue weighted by Crippen LogP contribution is -2.20. The van der Waals surface area contributed by atoms with Crippen molar-refractivity contribution in [2.45, 2.75) is 44.3 Å². The first-order valence-electron chi connectivity index (χ1n) is 8.43. The largest absolute Gasteiger partial charge is 0.485 e. The second-order valence-electron chi connectivity index (χ2n) is 6.59. The molecule has 1 aliphatic carbocycles. The van der Waals surface area contributed by atoms with Crippen molar-refractivity contribution < 1.29 is 27.5 Å². The number of rotatable bonds is 5. The monoisotopic (exact) mass is 368 g/mol. The molecule has 1 aromatic carbocycles. The van der Waals surface area contributed by atoms with E-state index in [1.54, 1.807) is 12.1 Å². The van der Waals surface area contributed by atoms with Crippen molar-refractivity contribution in [2.75, 3.05) is 5.32 Å². The quantitative estimate of drug-likeness (QED) is 0.725. The fourth-order valence-corrected chi connectivity index (χ4v) is 3.45. The molecule has 26 heavy (non-hydrogen) atoms. The van der Waals surface area contributed by atoms with Gasteiger partial charge in [-0.2, -0.15) is 13.2 Å². The van der Waals surface area contributed by atoms with Crippen molar-refractivity contribution in [3.05, 3.63) is 36.0 Å². The van der Waals surface area contributed by atoms with Gasteiger partial charge in [0, 0.05) is 12.0 Å². The summed E-state index contributed by atoms with van der Waals surface area (Å²) in [6.07, 6.45) is 0.566. The van der Waals surface area contributed by atoms with Gasteiger partial charge in [-0.3, -0.25) is 10.1 Å². The molecule has 0 aliphatic heterocycles. The van der Waals surface area contributed by atoms with Crippen molar-refractivity contribution in [2.24, 2.45) is 5.92 Å². The average molecular weight is 368 g/mol. The zero-order valence-electron chi connectivity index (χ0n) is 13.9. The average Bonchev–Trinajstić information content (AvgIpc) is 3.02. The normalized spacial score (nSPS) is 20.7. The van der Waals surface area contributed by atoms with Crippen LogP contribution >= 0.6 is 0 Å². The van der Waals surface area contributed by atoms with Gasteiger partial charge in [0.2, 0.25) is 0 Å². The van der Waals surface area contributed by atoms with Crippen LogP contribution < -0.4 is 5.32 Å². The maximum absolute atomic E-state index is 12.3. The molecule has 2 N–H and O–H groups in total. The molecular weight excluding hydrogens is 349 g/mol. The summed E-state index contributed by atoms with van der Waals surface area (Å²) in [5, 5.41) is 10.1. The first kappa shape index (κ1) is 18.3. The zero-order valence-corrected chi connectivity index (χ0v) is 13.9. The van der Waals surface area contributed by atoms with Crippen LogP contribution in [0.5, 0.6) is 0 Å². The number of benzene rings is 1. The number of carbonyl (C=O) groups is 1. The molecule has 0 radical (unpaired) electrons. The minimum Gasteiger partial charge on any atom is -0.481 e. The topological polar surface area (TPSA) is 75.4 Å². The van der Waals surface area contributed by atoms with Gasteiger partial charge in [0.15, 0.2) is 5.76 Å². The van der Waals surface area contributed by atoms with Crippen LogP contribution in [0.15, 0.2) is 34.9 Å². The Morgan fingerprint density at radius 3 is 2.42 bits per heavy atom. The second kappa shape index (κ2) is 7.39. The Kier molecular flexibility index (Phi) is 5.20. The van der Waals surface area contributed by atoms with E-state index in [1.807, 2.05) is 12.1 Å². The predicted molar refractivity (Wildman–Crippen MR) is 88.6 cm³/mol. The summed E-state index contributed by atoms with van der Waals surface area (Å²) in [6.45, 7) is 0. The lowest BCUT2D eigenvalue weighted by molar-refractivity contribution is -0.138. The van der Waals surface area contributed by atoms with E-state index in [9.17, 15) is 18.0 Å². The van der Waals surface area contributed by atoms with Crippen LogP contribution in [0.2, 0.25) is 0 Å². The van der Waals surface area contributed by atoms with Gasteiger partial charge in [0.05, 0.1) is 6.20 Å². The molecule has 2 aromatic rings. The van der Waals surface area contributed by atoms with Crippen molar-refractivity contribution in [1.82, 2.24) is 4.98 Å². The number of aliphatic carboxylic acids is 1. The van der Waals surface area contributed by atoms with Gasteiger partial charge >= 0.3 is 18.3 Å². The van der Waals surface area contributed by atoms with Crippen molar-refractivity contribution in [3.8, 4) is 11.3 Å². The second-order valence-corrected chi connectivity index (χ2v) is 6.59. The third kappa shape index (κ3) is 4.77. The maximum atomic E-state index is 12.3. The molecule has 1 saturated carbocycles. The number of carboxylic acids is 1. The van der Waals surface area contributed by atoms with Crippen molar-refractivity contribution in [3.63, 3.8) is 0 Å². The fourth-order valence-electron chi connectivity index (χ4n) is 3.45. The molecule has 3 rings (SSSR count). The van der Waals surface area contributed by atoms with Crippen molar-refractivity contribution >= 4 is 12.0 Å². The Hall–Kier alpha value is -2.51. The van der Waals surface area contributed by atoms with E-state index in [1.165, 1.54) is 11.5 Å². The number of nitrogens with zero attached hydrogens (tertiary/aromatic N) is 1. The first-order valence-corrected chi connectivity index (χ1v) is 8.43. The number of halogens is 3. The van der Waals surface area contributed by atoms with E-state index in [0.717, 1.165) is 31.2 Å². The van der Waals surface area contributed by atoms with Gasteiger partial charge in [0.1, 0.15) is 0 Å². The van der Waals surface area contributed by atoms with Gasteiger partial charge in [-0.15, -0.1) is 0 Å². The number of anilines is 1. The molecule has 140 valence electrons. The number of nitrogens with one attached hydrogen (secondary N) is 1. The van der Waals surface area contributed by atoms with Crippen LogP contribution in [-0.4, -0.2) is 22.4 Å². The summed E-state index contributed by atoms with van der Waals surface area (Å²) in [5.74, 6) is 0.140. The third-order valence-electron chi connectivity index (χ3n) is 4.73. The maximum Gasteiger partial charge on any atom is 0.485 e. The molecule has 0 unspecified atom stereocenters. The molecule has 0 saturated heterocycles. The summed E-state index contributed by atoms with van der Waals surface area (Å²) in [4.78, 5) is 14.4. The highest BCUT2D eigenvalue weighted by Gasteiger charge is 2.29. The fraction of sp³-hybridized carbons (Fsp3) is 0.444. The smallest absolute Gasteiger partial charge is 0.481 e. The zero-order chi connectivity index (χ0) is 18.7. The summed E-state index contributed by atoms with van der Waals surface area (Å²) in [5.41, 5.74) is 1.80. The molecule has 8 heteroatoms.